The van der Waals surface area contributed by atoms with Gasteiger partial charge in [-0.1, -0.05) is 170 Å². The summed E-state index contributed by atoms with van der Waals surface area (Å²) in [6.45, 7) is 0. The molecule has 0 spiro atoms. The number of imidazole rings is 1. The van der Waals surface area contributed by atoms with Gasteiger partial charge in [-0.05, 0) is 125 Å². The third-order valence-corrected chi connectivity index (χ3v) is 11.4. The normalized spacial score (nSPS) is 11.5. The Morgan fingerprint density at radius 2 is 0.772 bits per heavy atom. The molecular weight excluding hydrogens is 689 g/mol. The summed E-state index contributed by atoms with van der Waals surface area (Å²) in [5.74, 6) is 0.912. The summed E-state index contributed by atoms with van der Waals surface area (Å²) in [5, 5.41) is 7.49. The maximum atomic E-state index is 5.31. The molecule has 0 amide bonds. The highest BCUT2D eigenvalue weighted by atomic mass is 15.1. The van der Waals surface area contributed by atoms with Gasteiger partial charge in [-0.3, -0.25) is 4.57 Å². The van der Waals surface area contributed by atoms with E-state index in [4.69, 9.17) is 4.98 Å². The predicted octanol–water partition coefficient (Wildman–Crippen LogP) is 14.8. The molecule has 0 saturated heterocycles. The Morgan fingerprint density at radius 3 is 1.39 bits per heavy atom. The first-order valence-corrected chi connectivity index (χ1v) is 19.5. The number of benzene rings is 10. The number of rotatable bonds is 6. The van der Waals surface area contributed by atoms with Gasteiger partial charge in [0.05, 0.1) is 11.0 Å². The Hall–Kier alpha value is -7.55. The summed E-state index contributed by atoms with van der Waals surface area (Å²) in [4.78, 5) is 5.31. The zero-order valence-electron chi connectivity index (χ0n) is 31.2. The van der Waals surface area contributed by atoms with E-state index in [1.165, 1.54) is 65.7 Å². The Morgan fingerprint density at radius 1 is 0.298 bits per heavy atom. The highest BCUT2D eigenvalue weighted by Gasteiger charge is 2.19. The van der Waals surface area contributed by atoms with Crippen LogP contribution >= 0.6 is 0 Å². The lowest BCUT2D eigenvalue weighted by Crippen LogP contribution is -1.98. The van der Waals surface area contributed by atoms with Gasteiger partial charge in [-0.25, -0.2) is 4.98 Å². The fourth-order valence-corrected chi connectivity index (χ4v) is 8.70. The third-order valence-electron chi connectivity index (χ3n) is 11.4. The first-order valence-electron chi connectivity index (χ1n) is 19.5. The summed E-state index contributed by atoms with van der Waals surface area (Å²) in [7, 11) is 0. The van der Waals surface area contributed by atoms with Crippen molar-refractivity contribution in [2.45, 2.75) is 0 Å². The maximum Gasteiger partial charge on any atom is 0.145 e. The van der Waals surface area contributed by atoms with Crippen molar-refractivity contribution in [3.05, 3.63) is 218 Å². The molecule has 0 aliphatic carbocycles. The van der Waals surface area contributed by atoms with Crippen LogP contribution in [0.5, 0.6) is 0 Å². The van der Waals surface area contributed by atoms with Crippen molar-refractivity contribution in [2.75, 3.05) is 0 Å². The molecule has 0 fully saturated rings. The molecule has 1 heterocycles. The SMILES string of the molecule is c1ccc(-c2cc(-c3ccccc3)cc(-c3nc4ccccc4n3-c3ccc(-c4c5ccccc5c(-c5ccc6ccccc6c5)c5ccccc45)cc3)c2)cc1. The van der Waals surface area contributed by atoms with Gasteiger partial charge in [0.2, 0.25) is 0 Å². The Kier molecular flexibility index (Phi) is 7.86. The molecule has 11 rings (SSSR count). The van der Waals surface area contributed by atoms with Crippen molar-refractivity contribution in [2.24, 2.45) is 0 Å². The molecule has 0 radical (unpaired) electrons. The van der Waals surface area contributed by atoms with Crippen LogP contribution in [0.4, 0.5) is 0 Å². The minimum Gasteiger partial charge on any atom is -0.292 e. The quantitative estimate of drug-likeness (QED) is 0.156. The van der Waals surface area contributed by atoms with Crippen LogP contribution in [-0.2, 0) is 0 Å². The van der Waals surface area contributed by atoms with Crippen molar-refractivity contribution < 1.29 is 0 Å². The number of hydrogen-bond donors (Lipinski definition) is 0. The summed E-state index contributed by atoms with van der Waals surface area (Å²) >= 11 is 0. The second-order valence-electron chi connectivity index (χ2n) is 14.7. The number of aromatic nitrogens is 2. The first-order chi connectivity index (χ1) is 28.3. The minimum atomic E-state index is 0.912. The minimum absolute atomic E-state index is 0.912. The van der Waals surface area contributed by atoms with Crippen molar-refractivity contribution in [3.63, 3.8) is 0 Å². The standard InChI is InChI=1S/C55H36N2/c1-3-15-37(16-4-1)43-34-44(38-17-5-2-6-18-38)36-45(35-43)55-56-51-25-13-14-26-52(51)57(55)46-31-29-40(30-32-46)53-47-21-9-11-23-49(47)54(50-24-12-10-22-48(50)53)42-28-27-39-19-7-8-20-41(39)33-42/h1-36H. The number of hydrogen-bond acceptors (Lipinski definition) is 1. The first kappa shape index (κ1) is 32.8. The van der Waals surface area contributed by atoms with Crippen LogP contribution in [0.2, 0.25) is 0 Å². The van der Waals surface area contributed by atoms with Gasteiger partial charge >= 0.3 is 0 Å². The molecule has 0 N–H and O–H groups in total. The van der Waals surface area contributed by atoms with E-state index >= 15 is 0 Å². The number of fused-ring (bicyclic) bond motifs is 4. The second kappa shape index (κ2) is 13.6. The summed E-state index contributed by atoms with van der Waals surface area (Å²) in [6, 6.07) is 78.9. The lowest BCUT2D eigenvalue weighted by atomic mass is 9.85. The van der Waals surface area contributed by atoms with E-state index in [1.54, 1.807) is 0 Å². The molecule has 10 aromatic carbocycles. The van der Waals surface area contributed by atoms with Crippen molar-refractivity contribution in [1.82, 2.24) is 9.55 Å². The molecule has 2 heteroatoms. The average molecular weight is 725 g/mol. The van der Waals surface area contributed by atoms with Crippen LogP contribution in [0.15, 0.2) is 218 Å². The van der Waals surface area contributed by atoms with Crippen LogP contribution < -0.4 is 0 Å². The summed E-state index contributed by atoms with van der Waals surface area (Å²) in [6.07, 6.45) is 0. The molecule has 0 aliphatic heterocycles. The zero-order valence-corrected chi connectivity index (χ0v) is 31.2. The van der Waals surface area contributed by atoms with Crippen molar-refractivity contribution >= 4 is 43.4 Å². The van der Waals surface area contributed by atoms with E-state index in [-0.39, 0.29) is 0 Å². The molecule has 0 atom stereocenters. The Bertz CT molecular complexity index is 3150. The van der Waals surface area contributed by atoms with Crippen molar-refractivity contribution in [3.8, 4) is 61.6 Å². The molecule has 0 saturated carbocycles. The van der Waals surface area contributed by atoms with E-state index in [0.717, 1.165) is 39.2 Å². The van der Waals surface area contributed by atoms with E-state index in [1.807, 2.05) is 0 Å². The molecule has 266 valence electrons. The van der Waals surface area contributed by atoms with Gasteiger partial charge in [0.25, 0.3) is 0 Å². The van der Waals surface area contributed by atoms with Gasteiger partial charge in [0.1, 0.15) is 5.82 Å². The fraction of sp³-hybridized carbons (Fsp3) is 0. The summed E-state index contributed by atoms with van der Waals surface area (Å²) < 4.78 is 2.32. The van der Waals surface area contributed by atoms with Gasteiger partial charge in [-0.15, -0.1) is 0 Å². The lowest BCUT2D eigenvalue weighted by Gasteiger charge is -2.18. The van der Waals surface area contributed by atoms with Crippen LogP contribution in [0.25, 0.3) is 105 Å². The smallest absolute Gasteiger partial charge is 0.145 e. The molecule has 0 aliphatic rings. The highest BCUT2D eigenvalue weighted by Crippen LogP contribution is 2.44. The monoisotopic (exact) mass is 724 g/mol. The molecule has 1 aromatic heterocycles. The van der Waals surface area contributed by atoms with Gasteiger partial charge in [0.15, 0.2) is 0 Å². The molecule has 11 aromatic rings. The molecule has 2 nitrogen and oxygen atoms in total. The topological polar surface area (TPSA) is 17.8 Å². The fourth-order valence-electron chi connectivity index (χ4n) is 8.70. The largest absolute Gasteiger partial charge is 0.292 e. The average Bonchev–Trinajstić information content (AvgIpc) is 3.68. The second-order valence-corrected chi connectivity index (χ2v) is 14.7. The Balaban J connectivity index is 1.09. The molecule has 0 bridgehead atoms. The molecule has 0 unspecified atom stereocenters. The number of nitrogens with zero attached hydrogens (tertiary/aromatic N) is 2. The van der Waals surface area contributed by atoms with Gasteiger partial charge < -0.3 is 0 Å². The van der Waals surface area contributed by atoms with Crippen LogP contribution in [0, 0.1) is 0 Å². The van der Waals surface area contributed by atoms with E-state index in [2.05, 4.69) is 223 Å². The van der Waals surface area contributed by atoms with E-state index < -0.39 is 0 Å². The van der Waals surface area contributed by atoms with Crippen LogP contribution in [0.1, 0.15) is 0 Å². The Labute approximate surface area is 331 Å². The zero-order chi connectivity index (χ0) is 37.7. The lowest BCUT2D eigenvalue weighted by molar-refractivity contribution is 1.10. The molecule has 57 heavy (non-hydrogen) atoms. The van der Waals surface area contributed by atoms with Gasteiger partial charge in [0, 0.05) is 11.3 Å². The van der Waals surface area contributed by atoms with Crippen molar-refractivity contribution in [1.29, 1.82) is 0 Å². The maximum absolute atomic E-state index is 5.31. The summed E-state index contributed by atoms with van der Waals surface area (Å²) in [5.41, 5.74) is 13.8. The third kappa shape index (κ3) is 5.70. The van der Waals surface area contributed by atoms with E-state index in [0.29, 0.717) is 0 Å². The molecular formula is C55H36N2. The number of para-hydroxylation sites is 2. The van der Waals surface area contributed by atoms with Gasteiger partial charge in [-0.2, -0.15) is 0 Å². The highest BCUT2D eigenvalue weighted by molar-refractivity contribution is 6.21. The van der Waals surface area contributed by atoms with E-state index in [9.17, 15) is 0 Å². The predicted molar refractivity (Wildman–Crippen MR) is 241 cm³/mol. The van der Waals surface area contributed by atoms with Crippen LogP contribution in [0.3, 0.4) is 0 Å². The van der Waals surface area contributed by atoms with Crippen LogP contribution in [-0.4, -0.2) is 9.55 Å².